The summed E-state index contributed by atoms with van der Waals surface area (Å²) in [4.78, 5) is 28.3. The number of nitrogens with one attached hydrogen (secondary N) is 1. The molecule has 1 N–H and O–H groups in total. The number of anilines is 1. The number of para-hydroxylation sites is 1. The van der Waals surface area contributed by atoms with Crippen LogP contribution in [-0.2, 0) is 26.0 Å². The Balaban J connectivity index is 1.87. The summed E-state index contributed by atoms with van der Waals surface area (Å²) in [6.45, 7) is 5.65. The number of carbonyl (C=O) groups excluding carboxylic acids is 2. The predicted octanol–water partition coefficient (Wildman–Crippen LogP) is 4.09. The monoisotopic (exact) mass is 513 g/mol. The molecule has 0 heterocycles. The molecule has 2 aromatic carbocycles. The lowest BCUT2D eigenvalue weighted by Gasteiger charge is -2.32. The molecule has 2 aromatic rings. The molecule has 8 heteroatoms. The summed E-state index contributed by atoms with van der Waals surface area (Å²) < 4.78 is 26.9. The molecule has 0 saturated heterocycles. The Hall–Kier alpha value is -2.87. The van der Waals surface area contributed by atoms with Gasteiger partial charge in [0, 0.05) is 12.6 Å². The Morgan fingerprint density at radius 3 is 2.19 bits per heavy atom. The minimum atomic E-state index is -3.75. The van der Waals surface area contributed by atoms with Crippen molar-refractivity contribution in [1.82, 2.24) is 10.2 Å². The van der Waals surface area contributed by atoms with Crippen molar-refractivity contribution >= 4 is 27.5 Å². The fourth-order valence-corrected chi connectivity index (χ4v) is 5.63. The highest BCUT2D eigenvalue weighted by atomic mass is 32.2. The third-order valence-corrected chi connectivity index (χ3v) is 7.99. The summed E-state index contributed by atoms with van der Waals surface area (Å²) in [5.41, 5.74) is 2.39. The molecule has 0 bridgehead atoms. The zero-order valence-electron chi connectivity index (χ0n) is 21.8. The van der Waals surface area contributed by atoms with Crippen molar-refractivity contribution in [1.29, 1.82) is 0 Å². The third kappa shape index (κ3) is 7.32. The van der Waals surface area contributed by atoms with Gasteiger partial charge in [-0.05, 0) is 49.3 Å². The van der Waals surface area contributed by atoms with Crippen molar-refractivity contribution in [3.8, 4) is 0 Å². The number of rotatable bonds is 11. The minimum absolute atomic E-state index is 0.0749. The maximum Gasteiger partial charge on any atom is 0.244 e. The molecule has 0 spiro atoms. The first-order valence-corrected chi connectivity index (χ1v) is 14.6. The van der Waals surface area contributed by atoms with Gasteiger partial charge in [-0.15, -0.1) is 0 Å². The number of hydrogen-bond acceptors (Lipinski definition) is 4. The zero-order valence-corrected chi connectivity index (χ0v) is 22.6. The highest BCUT2D eigenvalue weighted by Crippen LogP contribution is 2.29. The van der Waals surface area contributed by atoms with E-state index in [9.17, 15) is 18.0 Å². The van der Waals surface area contributed by atoms with Crippen LogP contribution in [0, 0.1) is 0 Å². The number of sulfonamides is 1. The van der Waals surface area contributed by atoms with Crippen molar-refractivity contribution in [2.45, 2.75) is 70.9 Å². The summed E-state index contributed by atoms with van der Waals surface area (Å²) in [7, 11) is -3.75. The van der Waals surface area contributed by atoms with Gasteiger partial charge in [-0.25, -0.2) is 8.42 Å². The van der Waals surface area contributed by atoms with Crippen molar-refractivity contribution in [2.75, 3.05) is 23.7 Å². The van der Waals surface area contributed by atoms with E-state index in [1.165, 1.54) is 9.21 Å². The quantitative estimate of drug-likeness (QED) is 0.490. The molecule has 7 nitrogen and oxygen atoms in total. The van der Waals surface area contributed by atoms with Crippen molar-refractivity contribution in [2.24, 2.45) is 0 Å². The standard InChI is InChI=1S/C28H39N3O4S/c1-21(2)25-16-10-11-17-26(25)31(36(4,34)35)20-27(32)30(19-18-23-12-6-5-7-13-23)22(3)28(33)29-24-14-8-9-15-24/h5-7,10-13,16-17,21-22,24H,8-9,14-15,18-20H2,1-4H3,(H,29,33). The van der Waals surface area contributed by atoms with Gasteiger partial charge < -0.3 is 10.2 Å². The maximum absolute atomic E-state index is 13.7. The average Bonchev–Trinajstić information content (AvgIpc) is 3.35. The molecule has 1 aliphatic carbocycles. The normalized spacial score (nSPS) is 15.0. The van der Waals surface area contributed by atoms with E-state index in [4.69, 9.17) is 0 Å². The van der Waals surface area contributed by atoms with Gasteiger partial charge in [0.25, 0.3) is 0 Å². The molecule has 1 atom stereocenters. The Morgan fingerprint density at radius 1 is 0.972 bits per heavy atom. The van der Waals surface area contributed by atoms with Gasteiger partial charge in [-0.1, -0.05) is 75.2 Å². The van der Waals surface area contributed by atoms with Crippen LogP contribution in [-0.4, -0.2) is 56.6 Å². The Bertz CT molecular complexity index is 1130. The van der Waals surface area contributed by atoms with E-state index in [1.807, 2.05) is 56.3 Å². The van der Waals surface area contributed by atoms with Gasteiger partial charge in [0.15, 0.2) is 0 Å². The van der Waals surface area contributed by atoms with E-state index in [-0.39, 0.29) is 24.4 Å². The van der Waals surface area contributed by atoms with Crippen LogP contribution in [0.3, 0.4) is 0 Å². The average molecular weight is 514 g/mol. The predicted molar refractivity (Wildman–Crippen MR) is 144 cm³/mol. The van der Waals surface area contributed by atoms with Crippen LogP contribution in [0.25, 0.3) is 0 Å². The lowest BCUT2D eigenvalue weighted by Crippen LogP contribution is -2.53. The van der Waals surface area contributed by atoms with Gasteiger partial charge >= 0.3 is 0 Å². The molecule has 1 aliphatic rings. The number of benzene rings is 2. The van der Waals surface area contributed by atoms with E-state index in [2.05, 4.69) is 5.32 Å². The molecule has 2 amide bonds. The first-order valence-electron chi connectivity index (χ1n) is 12.8. The number of nitrogens with zero attached hydrogens (tertiary/aromatic N) is 2. The highest BCUT2D eigenvalue weighted by molar-refractivity contribution is 7.92. The lowest BCUT2D eigenvalue weighted by molar-refractivity contribution is -0.139. The summed E-state index contributed by atoms with van der Waals surface area (Å²) in [6, 6.07) is 16.4. The van der Waals surface area contributed by atoms with Crippen LogP contribution < -0.4 is 9.62 Å². The van der Waals surface area contributed by atoms with E-state index >= 15 is 0 Å². The second kappa shape index (κ2) is 12.4. The fourth-order valence-electron chi connectivity index (χ4n) is 4.76. The lowest BCUT2D eigenvalue weighted by atomic mass is 10.0. The van der Waals surface area contributed by atoms with E-state index < -0.39 is 22.0 Å². The third-order valence-electron chi connectivity index (χ3n) is 6.86. The fraction of sp³-hybridized carbons (Fsp3) is 0.500. The topological polar surface area (TPSA) is 86.8 Å². The van der Waals surface area contributed by atoms with Crippen molar-refractivity contribution < 1.29 is 18.0 Å². The Labute approximate surface area is 215 Å². The summed E-state index contributed by atoms with van der Waals surface area (Å²) in [5, 5.41) is 3.09. The molecule has 196 valence electrons. The molecule has 3 rings (SSSR count). The highest BCUT2D eigenvalue weighted by Gasteiger charge is 2.31. The van der Waals surface area contributed by atoms with Crippen LogP contribution in [0.1, 0.15) is 63.5 Å². The molecule has 1 saturated carbocycles. The molecule has 36 heavy (non-hydrogen) atoms. The zero-order chi connectivity index (χ0) is 26.3. The SMILES string of the molecule is CC(C)c1ccccc1N(CC(=O)N(CCc1ccccc1)C(C)C(=O)NC1CCCC1)S(C)(=O)=O. The van der Waals surface area contributed by atoms with E-state index in [0.717, 1.165) is 43.1 Å². The van der Waals surface area contributed by atoms with Gasteiger partial charge in [0.2, 0.25) is 21.8 Å². The maximum atomic E-state index is 13.7. The van der Waals surface area contributed by atoms with Gasteiger partial charge in [0.1, 0.15) is 12.6 Å². The number of hydrogen-bond donors (Lipinski definition) is 1. The molecule has 0 aliphatic heterocycles. The summed E-state index contributed by atoms with van der Waals surface area (Å²) >= 11 is 0. The molecule has 1 unspecified atom stereocenters. The number of amides is 2. The van der Waals surface area contributed by atoms with Gasteiger partial charge in [0.05, 0.1) is 11.9 Å². The Kier molecular flexibility index (Phi) is 9.54. The second-order valence-corrected chi connectivity index (χ2v) is 11.9. The smallest absolute Gasteiger partial charge is 0.244 e. The first kappa shape index (κ1) is 27.7. The van der Waals surface area contributed by atoms with E-state index in [0.29, 0.717) is 18.7 Å². The summed E-state index contributed by atoms with van der Waals surface area (Å²) in [5.74, 6) is -0.522. The molecule has 0 radical (unpaired) electrons. The molecular weight excluding hydrogens is 474 g/mol. The van der Waals surface area contributed by atoms with E-state index in [1.54, 1.807) is 19.1 Å². The molecule has 0 aromatic heterocycles. The van der Waals surface area contributed by atoms with Gasteiger partial charge in [-0.2, -0.15) is 0 Å². The minimum Gasteiger partial charge on any atom is -0.352 e. The van der Waals surface area contributed by atoms with Crippen LogP contribution in [0.15, 0.2) is 54.6 Å². The van der Waals surface area contributed by atoms with Crippen LogP contribution in [0.4, 0.5) is 5.69 Å². The van der Waals surface area contributed by atoms with Crippen molar-refractivity contribution in [3.05, 3.63) is 65.7 Å². The first-order chi connectivity index (χ1) is 17.1. The molecule has 1 fully saturated rings. The largest absolute Gasteiger partial charge is 0.352 e. The van der Waals surface area contributed by atoms with Crippen LogP contribution >= 0.6 is 0 Å². The molecular formula is C28H39N3O4S. The van der Waals surface area contributed by atoms with Crippen molar-refractivity contribution in [3.63, 3.8) is 0 Å². The van der Waals surface area contributed by atoms with Crippen LogP contribution in [0.5, 0.6) is 0 Å². The second-order valence-electron chi connectivity index (χ2n) is 9.97. The Morgan fingerprint density at radius 2 is 1.58 bits per heavy atom. The van der Waals surface area contributed by atoms with Crippen LogP contribution in [0.2, 0.25) is 0 Å². The number of carbonyl (C=O) groups is 2. The van der Waals surface area contributed by atoms with Gasteiger partial charge in [-0.3, -0.25) is 13.9 Å². The summed E-state index contributed by atoms with van der Waals surface area (Å²) in [6.07, 6.45) is 5.76.